The normalized spacial score (nSPS) is 15.1. The van der Waals surface area contributed by atoms with Gasteiger partial charge in [-0.05, 0) is 48.9 Å². The Morgan fingerprint density at radius 3 is 2.14 bits per heavy atom. The standard InChI is InChI=1S/C32H46N5O8PS.2Na/c1-21(2)25(30(38)35-28(32(40)41)18-23-19-34-26-14-8-7-13-24(23)26)20-46(42,43)29(17-22-11-5-4-6-12-22)36-31(39)27(15-9-10-16-33)37-47(3,44)45;;/h4-8,11-14,19,21,25,27-29,34,37H,9-10,15-18,20,33H2,1-3H3,(H,35,38)(H,36,39)(H,40,41)(H,42,43);;/q;2*+1/p-2/t25?,27-,28-,29?;;/m0../s1. The van der Waals surface area contributed by atoms with Crippen molar-refractivity contribution in [3.8, 4) is 0 Å². The predicted molar refractivity (Wildman–Crippen MR) is 176 cm³/mol. The zero-order valence-corrected chi connectivity index (χ0v) is 34.5. The first-order valence-corrected chi connectivity index (χ1v) is 19.3. The molecule has 17 heteroatoms. The summed E-state index contributed by atoms with van der Waals surface area (Å²) in [5.74, 6) is -6.33. The second kappa shape index (κ2) is 21.1. The summed E-state index contributed by atoms with van der Waals surface area (Å²) < 4.78 is 40.3. The van der Waals surface area contributed by atoms with E-state index in [1.807, 2.05) is 18.2 Å². The third kappa shape index (κ3) is 14.5. The average molecular weight is 736 g/mol. The fraction of sp³-hybridized carbons (Fsp3) is 0.469. The fourth-order valence-corrected chi connectivity index (χ4v) is 8.32. The molecule has 1 heterocycles. The maximum Gasteiger partial charge on any atom is 1.00 e. The molecule has 3 rings (SSSR count). The number of hydrogen-bond donors (Lipinski definition) is 5. The first-order valence-electron chi connectivity index (χ1n) is 15.5. The zero-order chi connectivity index (χ0) is 34.8. The summed E-state index contributed by atoms with van der Waals surface area (Å²) in [6.45, 7) is 3.62. The summed E-state index contributed by atoms with van der Waals surface area (Å²) in [6, 6.07) is 13.1. The van der Waals surface area contributed by atoms with Crippen LogP contribution in [0, 0.1) is 11.8 Å². The van der Waals surface area contributed by atoms with Gasteiger partial charge in [0.05, 0.1) is 24.0 Å². The van der Waals surface area contributed by atoms with Gasteiger partial charge in [-0.2, -0.15) is 0 Å². The molecule has 49 heavy (non-hydrogen) atoms. The Morgan fingerprint density at radius 2 is 1.55 bits per heavy atom. The number of benzene rings is 2. The van der Waals surface area contributed by atoms with Crippen LogP contribution in [0.3, 0.4) is 0 Å². The number of amides is 2. The van der Waals surface area contributed by atoms with Crippen LogP contribution in [-0.4, -0.2) is 68.0 Å². The van der Waals surface area contributed by atoms with Gasteiger partial charge >= 0.3 is 59.1 Å². The van der Waals surface area contributed by atoms with Gasteiger partial charge in [0.25, 0.3) is 0 Å². The number of fused-ring (bicyclic) bond motifs is 1. The number of carbonyl (C=O) groups excluding carboxylic acids is 3. The van der Waals surface area contributed by atoms with Gasteiger partial charge in [-0.25, -0.2) is 13.1 Å². The number of H-pyrrole nitrogens is 1. The molecule has 3 unspecified atom stereocenters. The summed E-state index contributed by atoms with van der Waals surface area (Å²) in [6.07, 6.45) is 2.68. The topological polar surface area (TPSA) is 226 Å². The maximum atomic E-state index is 14.0. The number of nitrogens with two attached hydrogens (primary N) is 1. The van der Waals surface area contributed by atoms with Crippen molar-refractivity contribution in [3.63, 3.8) is 0 Å². The van der Waals surface area contributed by atoms with E-state index in [1.54, 1.807) is 56.4 Å². The minimum absolute atomic E-state index is 0. The molecule has 0 radical (unpaired) electrons. The molecule has 0 bridgehead atoms. The quantitative estimate of drug-likeness (QED) is 0.0449. The summed E-state index contributed by atoms with van der Waals surface area (Å²) in [5.41, 5.74) is 7.57. The van der Waals surface area contributed by atoms with Crippen LogP contribution in [0.25, 0.3) is 10.9 Å². The van der Waals surface area contributed by atoms with Crippen LogP contribution < -0.4 is 90.2 Å². The summed E-state index contributed by atoms with van der Waals surface area (Å²) >= 11 is 0. The minimum atomic E-state index is -4.67. The summed E-state index contributed by atoms with van der Waals surface area (Å²) in [7, 11) is -8.50. The van der Waals surface area contributed by atoms with E-state index in [0.717, 1.165) is 17.2 Å². The molecule has 3 aromatic rings. The van der Waals surface area contributed by atoms with Crippen LogP contribution in [0.15, 0.2) is 60.8 Å². The van der Waals surface area contributed by atoms with Crippen LogP contribution in [0.1, 0.15) is 44.2 Å². The molecule has 5 atom stereocenters. The number of aromatic nitrogens is 1. The second-order valence-electron chi connectivity index (χ2n) is 12.1. The summed E-state index contributed by atoms with van der Waals surface area (Å²) in [5, 5.41) is 17.9. The van der Waals surface area contributed by atoms with Crippen molar-refractivity contribution in [2.24, 2.45) is 17.6 Å². The van der Waals surface area contributed by atoms with Crippen molar-refractivity contribution < 1.29 is 96.5 Å². The maximum absolute atomic E-state index is 14.0. The molecule has 0 aliphatic heterocycles. The van der Waals surface area contributed by atoms with E-state index in [1.165, 1.54) is 0 Å². The van der Waals surface area contributed by atoms with Crippen molar-refractivity contribution in [1.29, 1.82) is 0 Å². The smallest absolute Gasteiger partial charge is 0.798 e. The fourth-order valence-electron chi connectivity index (χ4n) is 5.38. The second-order valence-corrected chi connectivity index (χ2v) is 16.4. The molecule has 2 amide bonds. The number of carbonyl (C=O) groups is 3. The van der Waals surface area contributed by atoms with Crippen molar-refractivity contribution in [1.82, 2.24) is 20.3 Å². The van der Waals surface area contributed by atoms with Crippen molar-refractivity contribution >= 4 is 46.1 Å². The molecule has 0 saturated carbocycles. The van der Waals surface area contributed by atoms with Crippen LogP contribution in [-0.2, 0) is 41.8 Å². The number of nitrogens with one attached hydrogen (secondary N) is 4. The van der Waals surface area contributed by atoms with Crippen LogP contribution >= 0.6 is 7.37 Å². The Bertz CT molecular complexity index is 1680. The summed E-state index contributed by atoms with van der Waals surface area (Å²) in [4.78, 5) is 56.1. The molecule has 6 N–H and O–H groups in total. The van der Waals surface area contributed by atoms with E-state index in [9.17, 15) is 37.4 Å². The van der Waals surface area contributed by atoms with E-state index in [0.29, 0.717) is 30.5 Å². The zero-order valence-electron chi connectivity index (χ0n) is 28.8. The van der Waals surface area contributed by atoms with Gasteiger partial charge in [0.1, 0.15) is 6.04 Å². The first-order chi connectivity index (χ1) is 22.1. The van der Waals surface area contributed by atoms with Gasteiger partial charge in [0.15, 0.2) is 0 Å². The molecule has 0 saturated heterocycles. The van der Waals surface area contributed by atoms with Crippen LogP contribution in [0.4, 0.5) is 0 Å². The molecule has 0 spiro atoms. The Hall–Kier alpha value is -1.55. The van der Waals surface area contributed by atoms with Gasteiger partial charge < -0.3 is 40.7 Å². The number of para-hydroxylation sites is 1. The number of rotatable bonds is 19. The Balaban J connectivity index is 0.00000600. The molecular formula is C32H44N5Na2O8PS. The van der Waals surface area contributed by atoms with E-state index >= 15 is 0 Å². The number of aromatic amines is 1. The van der Waals surface area contributed by atoms with Crippen molar-refractivity contribution in [2.45, 2.75) is 63.8 Å². The van der Waals surface area contributed by atoms with Gasteiger partial charge in [-0.1, -0.05) is 68.8 Å². The van der Waals surface area contributed by atoms with E-state index in [2.05, 4.69) is 20.3 Å². The largest absolute Gasteiger partial charge is 1.00 e. The molecule has 0 fully saturated rings. The number of aliphatic carboxylic acids is 1. The Labute approximate surface area is 332 Å². The molecular weight excluding hydrogens is 691 g/mol. The van der Waals surface area contributed by atoms with E-state index in [-0.39, 0.29) is 78.4 Å². The molecule has 258 valence electrons. The van der Waals surface area contributed by atoms with Gasteiger partial charge in [0, 0.05) is 43.0 Å². The monoisotopic (exact) mass is 735 g/mol. The number of carboxylic acid groups (broad SMARTS) is 1. The average Bonchev–Trinajstić information content (AvgIpc) is 3.41. The third-order valence-electron chi connectivity index (χ3n) is 7.97. The van der Waals surface area contributed by atoms with Gasteiger partial charge in [-0.3, -0.25) is 9.59 Å². The third-order valence-corrected chi connectivity index (χ3v) is 10.8. The SMILES string of the molecule is CC(C)C(CP(=O)([O-])C(Cc1ccccc1)NC(=O)[C@H](CCCCN)NS(C)(=O)=O)C(=O)N[C@@H](Cc1c[nH]c2ccccc12)C(=O)[O-].[Na+].[Na+]. The van der Waals surface area contributed by atoms with Gasteiger partial charge in [-0.15, -0.1) is 0 Å². The van der Waals surface area contributed by atoms with Crippen LogP contribution in [0.2, 0.25) is 0 Å². The molecule has 13 nitrogen and oxygen atoms in total. The molecule has 1 aromatic heterocycles. The Morgan fingerprint density at radius 1 is 0.918 bits per heavy atom. The van der Waals surface area contributed by atoms with Crippen LogP contribution in [0.5, 0.6) is 0 Å². The minimum Gasteiger partial charge on any atom is -0.798 e. The predicted octanol–water partition coefficient (Wildman–Crippen LogP) is -5.40. The van der Waals surface area contributed by atoms with Crippen molar-refractivity contribution in [2.75, 3.05) is 19.0 Å². The molecule has 0 aliphatic rings. The number of carboxylic acids is 1. The number of sulfonamides is 1. The molecule has 0 aliphatic carbocycles. The van der Waals surface area contributed by atoms with E-state index < -0.39 is 71.0 Å². The van der Waals surface area contributed by atoms with Crippen molar-refractivity contribution in [3.05, 3.63) is 71.9 Å². The first kappa shape index (κ1) is 45.5. The number of unbranched alkanes of at least 4 members (excludes halogenated alkanes) is 1. The van der Waals surface area contributed by atoms with Gasteiger partial charge in [0.2, 0.25) is 21.8 Å². The molecule has 2 aromatic carbocycles. The van der Waals surface area contributed by atoms with E-state index in [4.69, 9.17) is 5.73 Å². The Kier molecular flexibility index (Phi) is 19.6. The number of hydrogen-bond acceptors (Lipinski definition) is 9.